The lowest BCUT2D eigenvalue weighted by atomic mass is 9.85. The molecule has 2 nitrogen and oxygen atoms in total. The second-order valence-electron chi connectivity index (χ2n) is 6.01. The van der Waals surface area contributed by atoms with E-state index in [4.69, 9.17) is 0 Å². The molecule has 100 valence electrons. The molecule has 0 amide bonds. The van der Waals surface area contributed by atoms with E-state index in [1.54, 1.807) is 0 Å². The summed E-state index contributed by atoms with van der Waals surface area (Å²) >= 11 is 0. The number of nitriles is 1. The van der Waals surface area contributed by atoms with E-state index in [1.807, 2.05) is 0 Å². The van der Waals surface area contributed by atoms with Crippen molar-refractivity contribution in [3.8, 4) is 6.07 Å². The minimum absolute atomic E-state index is 0.442. The molecule has 2 heteroatoms. The Balaban J connectivity index is 1.96. The SMILES string of the molecule is N#CC1(NC2CCCC2)CCCCc2ccccc21. The first-order valence-corrected chi connectivity index (χ1v) is 7.61. The quantitative estimate of drug-likeness (QED) is 0.817. The van der Waals surface area contributed by atoms with Crippen molar-refractivity contribution in [2.24, 2.45) is 0 Å². The van der Waals surface area contributed by atoms with Crippen LogP contribution in [-0.4, -0.2) is 6.04 Å². The summed E-state index contributed by atoms with van der Waals surface area (Å²) < 4.78 is 0. The van der Waals surface area contributed by atoms with Crippen molar-refractivity contribution in [1.82, 2.24) is 5.32 Å². The summed E-state index contributed by atoms with van der Waals surface area (Å²) in [6.45, 7) is 0. The summed E-state index contributed by atoms with van der Waals surface area (Å²) in [4.78, 5) is 0. The van der Waals surface area contributed by atoms with Crippen molar-refractivity contribution in [2.75, 3.05) is 0 Å². The second-order valence-corrected chi connectivity index (χ2v) is 6.01. The van der Waals surface area contributed by atoms with E-state index in [0.29, 0.717) is 6.04 Å². The van der Waals surface area contributed by atoms with Crippen molar-refractivity contribution < 1.29 is 0 Å². The highest BCUT2D eigenvalue weighted by molar-refractivity contribution is 5.39. The maximum atomic E-state index is 9.86. The van der Waals surface area contributed by atoms with Crippen LogP contribution in [0, 0.1) is 11.3 Å². The molecule has 0 bridgehead atoms. The average Bonchev–Trinajstić information content (AvgIpc) is 2.88. The molecule has 0 radical (unpaired) electrons. The molecule has 1 N–H and O–H groups in total. The molecule has 1 saturated carbocycles. The van der Waals surface area contributed by atoms with Crippen LogP contribution in [-0.2, 0) is 12.0 Å². The van der Waals surface area contributed by atoms with Crippen LogP contribution in [0.2, 0.25) is 0 Å². The highest BCUT2D eigenvalue weighted by Crippen LogP contribution is 2.35. The minimum atomic E-state index is -0.442. The van der Waals surface area contributed by atoms with E-state index in [1.165, 1.54) is 43.2 Å². The summed E-state index contributed by atoms with van der Waals surface area (Å²) in [5.74, 6) is 0. The molecule has 0 spiro atoms. The zero-order valence-corrected chi connectivity index (χ0v) is 11.5. The highest BCUT2D eigenvalue weighted by Gasteiger charge is 2.37. The van der Waals surface area contributed by atoms with Crippen molar-refractivity contribution in [3.05, 3.63) is 35.4 Å². The summed E-state index contributed by atoms with van der Waals surface area (Å²) in [7, 11) is 0. The second kappa shape index (κ2) is 5.35. The van der Waals surface area contributed by atoms with Crippen LogP contribution >= 0.6 is 0 Å². The molecule has 19 heavy (non-hydrogen) atoms. The van der Waals surface area contributed by atoms with E-state index in [0.717, 1.165) is 19.3 Å². The standard InChI is InChI=1S/C17H22N2/c18-13-17(19-15-9-2-3-10-15)12-6-5-8-14-7-1-4-11-16(14)17/h1,4,7,11,15,19H,2-3,5-6,8-10,12H2. The first kappa shape index (κ1) is 12.7. The zero-order chi connectivity index (χ0) is 13.1. The third-order valence-electron chi connectivity index (χ3n) is 4.72. The molecule has 1 unspecified atom stereocenters. The predicted molar refractivity (Wildman–Crippen MR) is 76.7 cm³/mol. The molecule has 1 atom stereocenters. The van der Waals surface area contributed by atoms with Crippen molar-refractivity contribution in [1.29, 1.82) is 5.26 Å². The normalized spacial score (nSPS) is 27.5. The minimum Gasteiger partial charge on any atom is -0.293 e. The number of nitrogens with one attached hydrogen (secondary N) is 1. The van der Waals surface area contributed by atoms with Gasteiger partial charge in [0.2, 0.25) is 0 Å². The number of hydrogen-bond donors (Lipinski definition) is 1. The van der Waals surface area contributed by atoms with Crippen LogP contribution < -0.4 is 5.32 Å². The van der Waals surface area contributed by atoms with Crippen LogP contribution in [0.5, 0.6) is 0 Å². The number of rotatable bonds is 2. The summed E-state index contributed by atoms with van der Waals surface area (Å²) in [6.07, 6.45) is 9.48. The lowest BCUT2D eigenvalue weighted by molar-refractivity contribution is 0.338. The fourth-order valence-electron chi connectivity index (χ4n) is 3.71. The van der Waals surface area contributed by atoms with E-state index in [-0.39, 0.29) is 0 Å². The Morgan fingerprint density at radius 2 is 1.89 bits per heavy atom. The van der Waals surface area contributed by atoms with Gasteiger partial charge >= 0.3 is 0 Å². The lowest BCUT2D eigenvalue weighted by Crippen LogP contribution is -2.46. The van der Waals surface area contributed by atoms with Gasteiger partial charge in [-0.3, -0.25) is 5.32 Å². The molecule has 2 aliphatic carbocycles. The first-order chi connectivity index (χ1) is 9.34. The van der Waals surface area contributed by atoms with Crippen LogP contribution in [0.3, 0.4) is 0 Å². The fraction of sp³-hybridized carbons (Fsp3) is 0.588. The van der Waals surface area contributed by atoms with Gasteiger partial charge < -0.3 is 0 Å². The Morgan fingerprint density at radius 3 is 2.68 bits per heavy atom. The summed E-state index contributed by atoms with van der Waals surface area (Å²) in [5.41, 5.74) is 2.16. The van der Waals surface area contributed by atoms with E-state index in [2.05, 4.69) is 35.7 Å². The van der Waals surface area contributed by atoms with Crippen LogP contribution in [0.25, 0.3) is 0 Å². The van der Waals surface area contributed by atoms with E-state index >= 15 is 0 Å². The molecular formula is C17H22N2. The van der Waals surface area contributed by atoms with Gasteiger partial charge in [-0.05, 0) is 49.7 Å². The molecule has 0 saturated heterocycles. The Hall–Kier alpha value is -1.33. The Kier molecular flexibility index (Phi) is 3.57. The van der Waals surface area contributed by atoms with Gasteiger partial charge in [-0.1, -0.05) is 37.1 Å². The Labute approximate surface area is 115 Å². The third kappa shape index (κ3) is 2.40. The van der Waals surface area contributed by atoms with Gasteiger partial charge in [-0.2, -0.15) is 5.26 Å². The van der Waals surface area contributed by atoms with Crippen LogP contribution in [0.1, 0.15) is 56.1 Å². The van der Waals surface area contributed by atoms with Crippen molar-refractivity contribution in [2.45, 2.75) is 62.9 Å². The summed E-state index contributed by atoms with van der Waals surface area (Å²) in [6, 6.07) is 11.7. The maximum Gasteiger partial charge on any atom is 0.132 e. The van der Waals surface area contributed by atoms with Gasteiger partial charge in [-0.25, -0.2) is 0 Å². The number of nitrogens with zero attached hydrogens (tertiary/aromatic N) is 1. The monoisotopic (exact) mass is 254 g/mol. The fourth-order valence-corrected chi connectivity index (χ4v) is 3.71. The van der Waals surface area contributed by atoms with Crippen LogP contribution in [0.15, 0.2) is 24.3 Å². The summed E-state index contributed by atoms with van der Waals surface area (Å²) in [5, 5.41) is 13.6. The topological polar surface area (TPSA) is 35.8 Å². The molecule has 0 heterocycles. The van der Waals surface area contributed by atoms with Crippen LogP contribution in [0.4, 0.5) is 0 Å². The van der Waals surface area contributed by atoms with Gasteiger partial charge in [0.1, 0.15) is 5.54 Å². The third-order valence-corrected chi connectivity index (χ3v) is 4.72. The molecule has 0 aliphatic heterocycles. The molecule has 0 aromatic heterocycles. The number of benzene rings is 1. The van der Waals surface area contributed by atoms with E-state index < -0.39 is 5.54 Å². The van der Waals surface area contributed by atoms with Gasteiger partial charge in [0, 0.05) is 6.04 Å². The average molecular weight is 254 g/mol. The van der Waals surface area contributed by atoms with Crippen molar-refractivity contribution >= 4 is 0 Å². The number of aryl methyl sites for hydroxylation is 1. The van der Waals surface area contributed by atoms with Crippen molar-refractivity contribution in [3.63, 3.8) is 0 Å². The van der Waals surface area contributed by atoms with Gasteiger partial charge in [0.25, 0.3) is 0 Å². The Bertz CT molecular complexity index is 482. The smallest absolute Gasteiger partial charge is 0.132 e. The van der Waals surface area contributed by atoms with E-state index in [9.17, 15) is 5.26 Å². The highest BCUT2D eigenvalue weighted by atomic mass is 15.0. The largest absolute Gasteiger partial charge is 0.293 e. The number of fused-ring (bicyclic) bond motifs is 1. The molecule has 1 aromatic carbocycles. The van der Waals surface area contributed by atoms with Gasteiger partial charge in [-0.15, -0.1) is 0 Å². The van der Waals surface area contributed by atoms with Gasteiger partial charge in [0.15, 0.2) is 0 Å². The molecule has 1 fully saturated rings. The molecule has 3 rings (SSSR count). The van der Waals surface area contributed by atoms with Gasteiger partial charge in [0.05, 0.1) is 6.07 Å². The molecular weight excluding hydrogens is 232 g/mol. The zero-order valence-electron chi connectivity index (χ0n) is 11.5. The Morgan fingerprint density at radius 1 is 1.11 bits per heavy atom. The lowest BCUT2D eigenvalue weighted by Gasteiger charge is -2.32. The number of hydrogen-bond acceptors (Lipinski definition) is 2. The first-order valence-electron chi connectivity index (χ1n) is 7.61. The maximum absolute atomic E-state index is 9.86. The predicted octanol–water partition coefficient (Wildman–Crippen LogP) is 3.66. The molecule has 2 aliphatic rings. The molecule has 1 aromatic rings.